The summed E-state index contributed by atoms with van der Waals surface area (Å²) in [7, 11) is -2.75. The van der Waals surface area contributed by atoms with Gasteiger partial charge in [0.15, 0.2) is 0 Å². The van der Waals surface area contributed by atoms with Crippen LogP contribution in [0.3, 0.4) is 0 Å². The molecule has 0 saturated heterocycles. The molecule has 7 nitrogen and oxygen atoms in total. The summed E-state index contributed by atoms with van der Waals surface area (Å²) in [5.41, 5.74) is 1.54. The molecule has 0 saturated carbocycles. The van der Waals surface area contributed by atoms with Crippen LogP contribution < -0.4 is 14.5 Å². The van der Waals surface area contributed by atoms with E-state index in [2.05, 4.69) is 10.5 Å². The molecule has 0 heterocycles. The van der Waals surface area contributed by atoms with Gasteiger partial charge in [-0.15, -0.1) is 0 Å². The Hall–Kier alpha value is -3.57. The first-order valence-electron chi connectivity index (χ1n) is 9.92. The molecule has 3 rings (SSSR count). The fourth-order valence-electron chi connectivity index (χ4n) is 2.94. The van der Waals surface area contributed by atoms with Crippen molar-refractivity contribution in [2.75, 3.05) is 18.0 Å². The third-order valence-corrected chi connectivity index (χ3v) is 6.71. The summed E-state index contributed by atoms with van der Waals surface area (Å²) < 4.78 is 71.1. The van der Waals surface area contributed by atoms with Crippen molar-refractivity contribution in [2.45, 2.75) is 11.1 Å². The summed E-state index contributed by atoms with van der Waals surface area (Å²) in [5.74, 6) is -0.371. The Morgan fingerprint density at radius 2 is 1.74 bits per heavy atom. The number of nitrogens with one attached hydrogen (secondary N) is 1. The number of hydrazone groups is 1. The molecule has 35 heavy (non-hydrogen) atoms. The second-order valence-electron chi connectivity index (χ2n) is 7.08. The number of carbonyl (C=O) groups is 1. The van der Waals surface area contributed by atoms with Crippen LogP contribution in [0.5, 0.6) is 5.75 Å². The minimum atomic E-state index is -4.53. The molecule has 3 aromatic rings. The molecule has 3 aromatic carbocycles. The fourth-order valence-corrected chi connectivity index (χ4v) is 4.48. The Morgan fingerprint density at radius 1 is 1.09 bits per heavy atom. The van der Waals surface area contributed by atoms with Crippen molar-refractivity contribution in [1.82, 2.24) is 5.43 Å². The Kier molecular flexibility index (Phi) is 8.03. The third kappa shape index (κ3) is 6.74. The highest BCUT2D eigenvalue weighted by molar-refractivity contribution is 7.92. The number of halogens is 4. The molecule has 184 valence electrons. The lowest BCUT2D eigenvalue weighted by Crippen LogP contribution is -2.39. The zero-order chi connectivity index (χ0) is 25.6. The van der Waals surface area contributed by atoms with Crippen LogP contribution in [0.4, 0.5) is 18.9 Å². The minimum absolute atomic E-state index is 0.0893. The number of methoxy groups -OCH3 is 1. The van der Waals surface area contributed by atoms with E-state index in [1.165, 1.54) is 67.8 Å². The second-order valence-corrected chi connectivity index (χ2v) is 9.38. The maximum atomic E-state index is 13.3. The highest BCUT2D eigenvalue weighted by Gasteiger charge is 2.30. The maximum Gasteiger partial charge on any atom is 0.416 e. The van der Waals surface area contributed by atoms with E-state index in [1.807, 2.05) is 0 Å². The van der Waals surface area contributed by atoms with E-state index in [1.54, 1.807) is 0 Å². The van der Waals surface area contributed by atoms with E-state index >= 15 is 0 Å². The van der Waals surface area contributed by atoms with Gasteiger partial charge < -0.3 is 4.74 Å². The van der Waals surface area contributed by atoms with Gasteiger partial charge in [-0.05, 0) is 66.2 Å². The summed E-state index contributed by atoms with van der Waals surface area (Å²) in [6.45, 7) is -0.657. The zero-order valence-corrected chi connectivity index (χ0v) is 19.7. The number of alkyl halides is 3. The lowest BCUT2D eigenvalue weighted by atomic mass is 10.1. The van der Waals surface area contributed by atoms with Crippen LogP contribution in [0, 0.1) is 0 Å². The summed E-state index contributed by atoms with van der Waals surface area (Å²) in [6, 6.07) is 15.8. The zero-order valence-electron chi connectivity index (χ0n) is 18.2. The number of sulfonamides is 1. The van der Waals surface area contributed by atoms with Crippen molar-refractivity contribution in [3.05, 3.63) is 88.9 Å². The van der Waals surface area contributed by atoms with E-state index < -0.39 is 34.2 Å². The first-order chi connectivity index (χ1) is 16.5. The van der Waals surface area contributed by atoms with Crippen molar-refractivity contribution < 1.29 is 31.1 Å². The van der Waals surface area contributed by atoms with Crippen LogP contribution >= 0.6 is 11.6 Å². The Bertz CT molecular complexity index is 1310. The SMILES string of the molecule is COc1ccc(S(=O)(=O)N(CC(=O)NN=Cc2cccc(C(F)(F)F)c2)c2ccc(Cl)cc2)cc1. The van der Waals surface area contributed by atoms with Gasteiger partial charge in [-0.1, -0.05) is 23.7 Å². The molecule has 1 N–H and O–H groups in total. The first-order valence-corrected chi connectivity index (χ1v) is 11.7. The fraction of sp³-hybridized carbons (Fsp3) is 0.130. The average molecular weight is 526 g/mol. The molecule has 0 aromatic heterocycles. The van der Waals surface area contributed by atoms with Crippen LogP contribution in [0.15, 0.2) is 82.8 Å². The normalized spacial score (nSPS) is 11.9. The van der Waals surface area contributed by atoms with Gasteiger partial charge in [-0.25, -0.2) is 13.8 Å². The van der Waals surface area contributed by atoms with Crippen LogP contribution in [0.2, 0.25) is 5.02 Å². The molecule has 0 aliphatic rings. The average Bonchev–Trinajstić information content (AvgIpc) is 2.83. The van der Waals surface area contributed by atoms with Gasteiger partial charge in [-0.2, -0.15) is 18.3 Å². The van der Waals surface area contributed by atoms with Gasteiger partial charge in [0.2, 0.25) is 0 Å². The molecule has 0 bridgehead atoms. The molecular formula is C23H19ClF3N3O4S. The monoisotopic (exact) mass is 525 g/mol. The summed E-state index contributed by atoms with van der Waals surface area (Å²) >= 11 is 5.90. The van der Waals surface area contributed by atoms with Gasteiger partial charge in [-0.3, -0.25) is 9.10 Å². The molecule has 1 amide bonds. The number of rotatable bonds is 8. The molecule has 0 aliphatic carbocycles. The Balaban J connectivity index is 1.82. The smallest absolute Gasteiger partial charge is 0.416 e. The molecule has 0 unspecified atom stereocenters. The number of nitrogens with zero attached hydrogens (tertiary/aromatic N) is 2. The minimum Gasteiger partial charge on any atom is -0.497 e. The van der Waals surface area contributed by atoms with Crippen LogP contribution in [-0.2, 0) is 21.0 Å². The number of carbonyl (C=O) groups excluding carboxylic acids is 1. The van der Waals surface area contributed by atoms with Gasteiger partial charge in [0.1, 0.15) is 12.3 Å². The molecular weight excluding hydrogens is 507 g/mol. The van der Waals surface area contributed by atoms with Gasteiger partial charge >= 0.3 is 6.18 Å². The Morgan fingerprint density at radius 3 is 2.34 bits per heavy atom. The number of benzene rings is 3. The number of ether oxygens (including phenoxy) is 1. The predicted octanol–water partition coefficient (Wildman–Crippen LogP) is 4.71. The number of hydrogen-bond acceptors (Lipinski definition) is 5. The lowest BCUT2D eigenvalue weighted by molar-refractivity contribution is -0.137. The Labute approximate surface area is 204 Å². The van der Waals surface area contributed by atoms with Crippen molar-refractivity contribution in [2.24, 2.45) is 5.10 Å². The van der Waals surface area contributed by atoms with Gasteiger partial charge in [0, 0.05) is 5.02 Å². The largest absolute Gasteiger partial charge is 0.497 e. The molecule has 0 aliphatic heterocycles. The molecule has 0 fully saturated rings. The first kappa shape index (κ1) is 26.0. The van der Waals surface area contributed by atoms with Crippen molar-refractivity contribution in [3.63, 3.8) is 0 Å². The lowest BCUT2D eigenvalue weighted by Gasteiger charge is -2.23. The summed E-state index contributed by atoms with van der Waals surface area (Å²) in [6.07, 6.45) is -3.50. The van der Waals surface area contributed by atoms with E-state index in [0.29, 0.717) is 10.8 Å². The standard InChI is InChI=1S/C23H19ClF3N3O4S/c1-34-20-9-11-21(12-10-20)35(32,33)30(19-7-5-18(24)6-8-19)15-22(31)29-28-14-16-3-2-4-17(13-16)23(25,26)27/h2-14H,15H2,1H3,(H,29,31). The predicted molar refractivity (Wildman–Crippen MR) is 126 cm³/mol. The van der Waals surface area contributed by atoms with Gasteiger partial charge in [0.05, 0.1) is 29.5 Å². The van der Waals surface area contributed by atoms with Crippen LogP contribution in [0.25, 0.3) is 0 Å². The number of anilines is 1. The van der Waals surface area contributed by atoms with E-state index in [4.69, 9.17) is 16.3 Å². The van der Waals surface area contributed by atoms with E-state index in [0.717, 1.165) is 22.7 Å². The van der Waals surface area contributed by atoms with Crippen molar-refractivity contribution >= 4 is 39.4 Å². The van der Waals surface area contributed by atoms with E-state index in [9.17, 15) is 26.4 Å². The number of hydrogen-bond donors (Lipinski definition) is 1. The van der Waals surface area contributed by atoms with Crippen LogP contribution in [-0.4, -0.2) is 34.2 Å². The van der Waals surface area contributed by atoms with Crippen molar-refractivity contribution in [3.8, 4) is 5.75 Å². The number of amides is 1. The molecule has 0 radical (unpaired) electrons. The second kappa shape index (κ2) is 10.8. The molecule has 0 spiro atoms. The van der Waals surface area contributed by atoms with Crippen molar-refractivity contribution in [1.29, 1.82) is 0 Å². The maximum absolute atomic E-state index is 13.3. The summed E-state index contributed by atoms with van der Waals surface area (Å²) in [4.78, 5) is 12.4. The van der Waals surface area contributed by atoms with Crippen LogP contribution in [0.1, 0.15) is 11.1 Å². The topological polar surface area (TPSA) is 88.1 Å². The highest BCUT2D eigenvalue weighted by Crippen LogP contribution is 2.29. The quantitative estimate of drug-likeness (QED) is 0.341. The summed E-state index contributed by atoms with van der Waals surface area (Å²) in [5, 5.41) is 4.02. The highest BCUT2D eigenvalue weighted by atomic mass is 35.5. The molecule has 0 atom stereocenters. The van der Waals surface area contributed by atoms with E-state index in [-0.39, 0.29) is 16.1 Å². The van der Waals surface area contributed by atoms with Gasteiger partial charge in [0.25, 0.3) is 15.9 Å². The molecule has 12 heteroatoms. The third-order valence-electron chi connectivity index (χ3n) is 4.67.